The number of aromatic amines is 1. The first-order chi connectivity index (χ1) is 8.20. The molecule has 2 aromatic heterocycles. The van der Waals surface area contributed by atoms with E-state index in [1.54, 1.807) is 19.2 Å². The van der Waals surface area contributed by atoms with E-state index in [0.29, 0.717) is 18.0 Å². The Labute approximate surface area is 98.8 Å². The minimum Gasteiger partial charge on any atom is -0.461 e. The van der Waals surface area contributed by atoms with E-state index in [-0.39, 0.29) is 0 Å². The fourth-order valence-electron chi connectivity index (χ4n) is 1.40. The van der Waals surface area contributed by atoms with Crippen LogP contribution in [0.1, 0.15) is 23.1 Å². The molecule has 2 rings (SSSR count). The topological polar surface area (TPSA) is 67.9 Å². The van der Waals surface area contributed by atoms with E-state index in [1.807, 2.05) is 19.1 Å². The largest absolute Gasteiger partial charge is 0.461 e. The van der Waals surface area contributed by atoms with Gasteiger partial charge in [-0.2, -0.15) is 5.10 Å². The number of carbonyl (C=O) groups is 1. The van der Waals surface area contributed by atoms with Crippen LogP contribution in [0, 0.1) is 6.92 Å². The maximum Gasteiger partial charge on any atom is 0.356 e. The average Bonchev–Trinajstić information content (AvgIpc) is 2.80. The lowest BCUT2D eigenvalue weighted by Crippen LogP contribution is -2.04. The number of carbonyl (C=O) groups excluding carboxylic acids is 1. The number of nitrogens with zero attached hydrogens (tertiary/aromatic N) is 2. The number of ether oxygens (including phenoxy) is 1. The summed E-state index contributed by atoms with van der Waals surface area (Å²) in [6.45, 7) is 4.02. The molecule has 5 heteroatoms. The summed E-state index contributed by atoms with van der Waals surface area (Å²) in [5.74, 6) is -0.397. The molecule has 0 atom stereocenters. The summed E-state index contributed by atoms with van der Waals surface area (Å²) in [7, 11) is 0. The Hall–Kier alpha value is -2.17. The van der Waals surface area contributed by atoms with Gasteiger partial charge in [0.1, 0.15) is 5.69 Å². The molecule has 2 aromatic rings. The zero-order chi connectivity index (χ0) is 12.3. The van der Waals surface area contributed by atoms with Gasteiger partial charge >= 0.3 is 5.97 Å². The zero-order valence-corrected chi connectivity index (χ0v) is 9.73. The fraction of sp³-hybridized carbons (Fsp3) is 0.250. The second-order valence-corrected chi connectivity index (χ2v) is 3.58. The van der Waals surface area contributed by atoms with E-state index in [1.165, 1.54) is 0 Å². The smallest absolute Gasteiger partial charge is 0.356 e. The van der Waals surface area contributed by atoms with E-state index >= 15 is 0 Å². The third-order valence-corrected chi connectivity index (χ3v) is 2.28. The normalized spacial score (nSPS) is 10.2. The van der Waals surface area contributed by atoms with E-state index < -0.39 is 5.97 Å². The van der Waals surface area contributed by atoms with Crippen molar-refractivity contribution in [3.8, 4) is 11.3 Å². The molecule has 0 aliphatic heterocycles. The number of nitrogens with one attached hydrogen (secondary N) is 1. The van der Waals surface area contributed by atoms with Crippen LogP contribution in [0.3, 0.4) is 0 Å². The van der Waals surface area contributed by atoms with Gasteiger partial charge in [0.25, 0.3) is 0 Å². The van der Waals surface area contributed by atoms with Crippen LogP contribution >= 0.6 is 0 Å². The number of H-pyrrole nitrogens is 1. The van der Waals surface area contributed by atoms with Gasteiger partial charge in [-0.1, -0.05) is 0 Å². The van der Waals surface area contributed by atoms with Crippen molar-refractivity contribution in [2.75, 3.05) is 6.61 Å². The molecular weight excluding hydrogens is 218 g/mol. The van der Waals surface area contributed by atoms with Crippen molar-refractivity contribution < 1.29 is 9.53 Å². The van der Waals surface area contributed by atoms with Gasteiger partial charge in [0.2, 0.25) is 0 Å². The SMILES string of the molecule is CCOC(=O)c1cc(-c2ccc(C)nc2)n[nH]1. The molecule has 0 spiro atoms. The summed E-state index contributed by atoms with van der Waals surface area (Å²) in [5.41, 5.74) is 2.83. The quantitative estimate of drug-likeness (QED) is 0.820. The lowest BCUT2D eigenvalue weighted by atomic mass is 10.2. The summed E-state index contributed by atoms with van der Waals surface area (Å²) in [6, 6.07) is 5.46. The van der Waals surface area contributed by atoms with Gasteiger partial charge in [-0.05, 0) is 32.0 Å². The Morgan fingerprint density at radius 1 is 1.47 bits per heavy atom. The summed E-state index contributed by atoms with van der Waals surface area (Å²) >= 11 is 0. The molecule has 0 saturated heterocycles. The lowest BCUT2D eigenvalue weighted by Gasteiger charge is -1.96. The molecule has 0 unspecified atom stereocenters. The Morgan fingerprint density at radius 3 is 2.94 bits per heavy atom. The number of hydrogen-bond donors (Lipinski definition) is 1. The third-order valence-electron chi connectivity index (χ3n) is 2.28. The minimum atomic E-state index is -0.397. The van der Waals surface area contributed by atoms with Crippen molar-refractivity contribution in [2.24, 2.45) is 0 Å². The van der Waals surface area contributed by atoms with Crippen LogP contribution in [-0.4, -0.2) is 27.8 Å². The van der Waals surface area contributed by atoms with Gasteiger partial charge in [0.15, 0.2) is 0 Å². The van der Waals surface area contributed by atoms with Crippen LogP contribution in [0.2, 0.25) is 0 Å². The number of hydrogen-bond acceptors (Lipinski definition) is 4. The zero-order valence-electron chi connectivity index (χ0n) is 9.73. The second kappa shape index (κ2) is 4.78. The molecule has 88 valence electrons. The number of rotatable bonds is 3. The van der Waals surface area contributed by atoms with Crippen LogP contribution in [0.25, 0.3) is 11.3 Å². The first-order valence-corrected chi connectivity index (χ1v) is 5.36. The molecule has 1 N–H and O–H groups in total. The first kappa shape index (κ1) is 11.3. The van der Waals surface area contributed by atoms with Gasteiger partial charge in [-0.25, -0.2) is 4.79 Å². The van der Waals surface area contributed by atoms with Crippen molar-refractivity contribution >= 4 is 5.97 Å². The highest BCUT2D eigenvalue weighted by molar-refractivity contribution is 5.88. The van der Waals surface area contributed by atoms with Crippen molar-refractivity contribution in [1.29, 1.82) is 0 Å². The minimum absolute atomic E-state index is 0.347. The molecule has 2 heterocycles. The Kier molecular flexibility index (Phi) is 3.18. The summed E-state index contributed by atoms with van der Waals surface area (Å²) in [5, 5.41) is 6.70. The molecule has 0 bridgehead atoms. The van der Waals surface area contributed by atoms with Crippen LogP contribution in [0.4, 0.5) is 0 Å². The predicted octanol–water partition coefficient (Wildman–Crippen LogP) is 1.96. The van der Waals surface area contributed by atoms with Gasteiger partial charge < -0.3 is 4.74 Å². The average molecular weight is 231 g/mol. The maximum absolute atomic E-state index is 11.4. The van der Waals surface area contributed by atoms with Gasteiger partial charge in [-0.3, -0.25) is 10.1 Å². The van der Waals surface area contributed by atoms with E-state index in [9.17, 15) is 4.79 Å². The number of esters is 1. The molecule has 0 fully saturated rings. The Morgan fingerprint density at radius 2 is 2.29 bits per heavy atom. The highest BCUT2D eigenvalue weighted by atomic mass is 16.5. The maximum atomic E-state index is 11.4. The van der Waals surface area contributed by atoms with Gasteiger partial charge in [0.05, 0.1) is 12.3 Å². The van der Waals surface area contributed by atoms with Crippen molar-refractivity contribution in [3.63, 3.8) is 0 Å². The van der Waals surface area contributed by atoms with E-state index in [0.717, 1.165) is 11.3 Å². The van der Waals surface area contributed by atoms with E-state index in [2.05, 4.69) is 15.2 Å². The molecule has 0 aromatic carbocycles. The predicted molar refractivity (Wildman–Crippen MR) is 62.5 cm³/mol. The monoisotopic (exact) mass is 231 g/mol. The summed E-state index contributed by atoms with van der Waals surface area (Å²) < 4.78 is 4.87. The van der Waals surface area contributed by atoms with Crippen LogP contribution in [-0.2, 0) is 4.74 Å². The molecule has 0 saturated carbocycles. The van der Waals surface area contributed by atoms with Gasteiger partial charge in [-0.15, -0.1) is 0 Å². The lowest BCUT2D eigenvalue weighted by molar-refractivity contribution is 0.0519. The molecule has 0 radical (unpaired) electrons. The van der Waals surface area contributed by atoms with Crippen LogP contribution in [0.15, 0.2) is 24.4 Å². The Balaban J connectivity index is 2.23. The van der Waals surface area contributed by atoms with E-state index in [4.69, 9.17) is 4.74 Å². The van der Waals surface area contributed by atoms with Crippen molar-refractivity contribution in [3.05, 3.63) is 35.8 Å². The molecule has 0 amide bonds. The second-order valence-electron chi connectivity index (χ2n) is 3.58. The summed E-state index contributed by atoms with van der Waals surface area (Å²) in [4.78, 5) is 15.6. The molecule has 0 aliphatic carbocycles. The standard InChI is InChI=1S/C12H13N3O2/c1-3-17-12(16)11-6-10(14-15-11)9-5-4-8(2)13-7-9/h4-7H,3H2,1-2H3,(H,14,15). The molecule has 5 nitrogen and oxygen atoms in total. The van der Waals surface area contributed by atoms with Crippen LogP contribution < -0.4 is 0 Å². The first-order valence-electron chi connectivity index (χ1n) is 5.36. The number of pyridine rings is 1. The molecule has 17 heavy (non-hydrogen) atoms. The highest BCUT2D eigenvalue weighted by Crippen LogP contribution is 2.17. The third kappa shape index (κ3) is 2.50. The highest BCUT2D eigenvalue weighted by Gasteiger charge is 2.11. The molecule has 0 aliphatic rings. The fourth-order valence-corrected chi connectivity index (χ4v) is 1.40. The summed E-state index contributed by atoms with van der Waals surface area (Å²) in [6.07, 6.45) is 1.72. The molecular formula is C12H13N3O2. The Bertz CT molecular complexity index is 517. The number of aryl methyl sites for hydroxylation is 1. The van der Waals surface area contributed by atoms with Gasteiger partial charge in [0, 0.05) is 17.5 Å². The number of aromatic nitrogens is 3. The van der Waals surface area contributed by atoms with Crippen molar-refractivity contribution in [2.45, 2.75) is 13.8 Å². The van der Waals surface area contributed by atoms with Crippen molar-refractivity contribution in [1.82, 2.24) is 15.2 Å². The van der Waals surface area contributed by atoms with Crippen LogP contribution in [0.5, 0.6) is 0 Å².